The van der Waals surface area contributed by atoms with Gasteiger partial charge in [0.25, 0.3) is 15.9 Å². The molecule has 0 aliphatic carbocycles. The first-order valence-electron chi connectivity index (χ1n) is 8.41. The Kier molecular flexibility index (Phi) is 5.92. The highest BCUT2D eigenvalue weighted by Gasteiger charge is 2.28. The number of halogens is 1. The Morgan fingerprint density at radius 2 is 1.86 bits per heavy atom. The summed E-state index contributed by atoms with van der Waals surface area (Å²) >= 11 is 4.52. The largest absolute Gasteiger partial charge is 0.321 e. The monoisotopic (exact) mass is 478 g/mol. The molecule has 1 N–H and O–H groups in total. The molecule has 146 valence electrons. The number of carbonyl (C=O) groups is 1. The molecule has 0 atom stereocenters. The summed E-state index contributed by atoms with van der Waals surface area (Å²) in [5.74, 6) is -0.451. The van der Waals surface area contributed by atoms with Gasteiger partial charge in [-0.2, -0.15) is 0 Å². The molecule has 0 fully saturated rings. The van der Waals surface area contributed by atoms with Crippen molar-refractivity contribution in [1.82, 2.24) is 0 Å². The van der Waals surface area contributed by atoms with Crippen LogP contribution in [0.15, 0.2) is 63.3 Å². The molecule has 28 heavy (non-hydrogen) atoms. The van der Waals surface area contributed by atoms with Gasteiger partial charge in [-0.25, -0.2) is 8.42 Å². The van der Waals surface area contributed by atoms with E-state index in [1.807, 2.05) is 32.0 Å². The Balaban J connectivity index is 1.91. The van der Waals surface area contributed by atoms with Crippen LogP contribution in [0.2, 0.25) is 0 Å². The average molecular weight is 479 g/mol. The third kappa shape index (κ3) is 4.14. The highest BCUT2D eigenvalue weighted by Crippen LogP contribution is 2.29. The van der Waals surface area contributed by atoms with Crippen LogP contribution in [0.3, 0.4) is 0 Å². The van der Waals surface area contributed by atoms with Crippen molar-refractivity contribution >= 4 is 54.6 Å². The van der Waals surface area contributed by atoms with Gasteiger partial charge >= 0.3 is 0 Å². The second-order valence-corrected chi connectivity index (χ2v) is 10.1. The summed E-state index contributed by atoms with van der Waals surface area (Å²) < 4.78 is 28.4. The second-order valence-electron chi connectivity index (χ2n) is 6.34. The highest BCUT2D eigenvalue weighted by molar-refractivity contribution is 9.10. The lowest BCUT2D eigenvalue weighted by Crippen LogP contribution is -2.28. The smallest absolute Gasteiger partial charge is 0.267 e. The van der Waals surface area contributed by atoms with Crippen LogP contribution < -0.4 is 9.62 Å². The SMILES string of the molecule is Cc1cccc(N(C)S(=O)(=O)c2ccsc2C(=O)Nc2ccc(Br)c(C)c2)c1. The fourth-order valence-corrected chi connectivity index (χ4v) is 5.42. The van der Waals surface area contributed by atoms with Crippen LogP contribution >= 0.6 is 27.3 Å². The number of benzene rings is 2. The van der Waals surface area contributed by atoms with Crippen molar-refractivity contribution in [3.8, 4) is 0 Å². The summed E-state index contributed by atoms with van der Waals surface area (Å²) in [6, 6.07) is 14.1. The van der Waals surface area contributed by atoms with E-state index in [4.69, 9.17) is 0 Å². The number of carbonyl (C=O) groups excluding carboxylic acids is 1. The van der Waals surface area contributed by atoms with Crippen LogP contribution in [-0.2, 0) is 10.0 Å². The number of amides is 1. The van der Waals surface area contributed by atoms with Crippen molar-refractivity contribution in [2.45, 2.75) is 18.7 Å². The molecule has 5 nitrogen and oxygen atoms in total. The quantitative estimate of drug-likeness (QED) is 0.547. The maximum atomic E-state index is 13.1. The van der Waals surface area contributed by atoms with E-state index in [0.717, 1.165) is 26.9 Å². The van der Waals surface area contributed by atoms with Gasteiger partial charge in [0.1, 0.15) is 9.77 Å². The lowest BCUT2D eigenvalue weighted by Gasteiger charge is -2.20. The molecular formula is C20H19BrN2O3S2. The van der Waals surface area contributed by atoms with E-state index in [-0.39, 0.29) is 9.77 Å². The van der Waals surface area contributed by atoms with Crippen LogP contribution in [0.25, 0.3) is 0 Å². The summed E-state index contributed by atoms with van der Waals surface area (Å²) in [5.41, 5.74) is 3.07. The maximum Gasteiger partial charge on any atom is 0.267 e. The van der Waals surface area contributed by atoms with Crippen molar-refractivity contribution in [3.05, 3.63) is 74.4 Å². The Hall–Kier alpha value is -2.16. The molecule has 0 unspecified atom stereocenters. The van der Waals surface area contributed by atoms with Crippen LogP contribution in [0.1, 0.15) is 20.8 Å². The molecule has 3 rings (SSSR count). The molecule has 1 amide bonds. The Labute approximate surface area is 177 Å². The van der Waals surface area contributed by atoms with Gasteiger partial charge in [0, 0.05) is 17.2 Å². The number of nitrogens with zero attached hydrogens (tertiary/aromatic N) is 1. The minimum atomic E-state index is -3.87. The lowest BCUT2D eigenvalue weighted by atomic mass is 10.2. The number of rotatable bonds is 5. The molecule has 0 radical (unpaired) electrons. The van der Waals surface area contributed by atoms with E-state index in [9.17, 15) is 13.2 Å². The van der Waals surface area contributed by atoms with E-state index in [1.54, 1.807) is 29.6 Å². The summed E-state index contributed by atoms with van der Waals surface area (Å²) in [6.07, 6.45) is 0. The molecule has 3 aromatic rings. The Morgan fingerprint density at radius 3 is 2.54 bits per heavy atom. The van der Waals surface area contributed by atoms with Gasteiger partial charge in [0.15, 0.2) is 0 Å². The zero-order chi connectivity index (χ0) is 20.5. The number of sulfonamides is 1. The molecule has 0 aliphatic heterocycles. The van der Waals surface area contributed by atoms with Gasteiger partial charge in [-0.05, 0) is 66.8 Å². The van der Waals surface area contributed by atoms with Crippen molar-refractivity contribution < 1.29 is 13.2 Å². The minimum absolute atomic E-state index is 0.00663. The van der Waals surface area contributed by atoms with Crippen LogP contribution in [-0.4, -0.2) is 21.4 Å². The minimum Gasteiger partial charge on any atom is -0.321 e. The summed E-state index contributed by atoms with van der Waals surface area (Å²) in [6.45, 7) is 3.81. The van der Waals surface area contributed by atoms with E-state index in [2.05, 4.69) is 21.2 Å². The van der Waals surface area contributed by atoms with Crippen LogP contribution in [0, 0.1) is 13.8 Å². The van der Waals surface area contributed by atoms with Crippen molar-refractivity contribution in [2.75, 3.05) is 16.7 Å². The summed E-state index contributed by atoms with van der Waals surface area (Å²) in [7, 11) is -2.39. The molecule has 1 heterocycles. The molecule has 0 bridgehead atoms. The first-order valence-corrected chi connectivity index (χ1v) is 11.5. The number of hydrogen-bond donors (Lipinski definition) is 1. The molecule has 0 saturated heterocycles. The first-order chi connectivity index (χ1) is 13.2. The number of anilines is 2. The fraction of sp³-hybridized carbons (Fsp3) is 0.150. The van der Waals surface area contributed by atoms with Gasteiger partial charge in [-0.15, -0.1) is 11.3 Å². The fourth-order valence-electron chi connectivity index (χ4n) is 2.69. The first kappa shape index (κ1) is 20.6. The molecule has 8 heteroatoms. The van der Waals surface area contributed by atoms with Gasteiger partial charge in [-0.1, -0.05) is 28.1 Å². The van der Waals surface area contributed by atoms with Crippen molar-refractivity contribution in [3.63, 3.8) is 0 Å². The maximum absolute atomic E-state index is 13.1. The lowest BCUT2D eigenvalue weighted by molar-refractivity contribution is 0.102. The van der Waals surface area contributed by atoms with E-state index < -0.39 is 15.9 Å². The zero-order valence-corrected chi connectivity index (χ0v) is 18.8. The number of nitrogens with one attached hydrogen (secondary N) is 1. The van der Waals surface area contributed by atoms with Gasteiger partial charge < -0.3 is 5.32 Å². The molecular weight excluding hydrogens is 460 g/mol. The summed E-state index contributed by atoms with van der Waals surface area (Å²) in [4.78, 5) is 12.9. The van der Waals surface area contributed by atoms with E-state index >= 15 is 0 Å². The van der Waals surface area contributed by atoms with E-state index in [0.29, 0.717) is 11.4 Å². The third-order valence-electron chi connectivity index (χ3n) is 4.25. The molecule has 0 aliphatic rings. The predicted octanol–water partition coefficient (Wildman–Crippen LogP) is 5.20. The van der Waals surface area contributed by atoms with Crippen LogP contribution in [0.4, 0.5) is 11.4 Å². The molecule has 2 aromatic carbocycles. The topological polar surface area (TPSA) is 66.5 Å². The van der Waals surface area contributed by atoms with Crippen molar-refractivity contribution in [2.24, 2.45) is 0 Å². The highest BCUT2D eigenvalue weighted by atomic mass is 79.9. The van der Waals surface area contributed by atoms with Crippen LogP contribution in [0.5, 0.6) is 0 Å². The predicted molar refractivity (Wildman–Crippen MR) is 118 cm³/mol. The molecule has 0 saturated carbocycles. The number of aryl methyl sites for hydroxylation is 2. The normalized spacial score (nSPS) is 11.3. The second kappa shape index (κ2) is 8.06. The number of hydrogen-bond acceptors (Lipinski definition) is 4. The van der Waals surface area contributed by atoms with Gasteiger partial charge in [0.2, 0.25) is 0 Å². The molecule has 0 spiro atoms. The van der Waals surface area contributed by atoms with E-state index in [1.165, 1.54) is 17.4 Å². The van der Waals surface area contributed by atoms with Gasteiger partial charge in [0.05, 0.1) is 5.69 Å². The van der Waals surface area contributed by atoms with Crippen molar-refractivity contribution in [1.29, 1.82) is 0 Å². The summed E-state index contributed by atoms with van der Waals surface area (Å²) in [5, 5.41) is 4.39. The molecule has 1 aromatic heterocycles. The van der Waals surface area contributed by atoms with Gasteiger partial charge in [-0.3, -0.25) is 9.10 Å². The Morgan fingerprint density at radius 1 is 1.11 bits per heavy atom. The Bertz CT molecular complexity index is 1140. The number of thiophene rings is 1. The average Bonchev–Trinajstić information content (AvgIpc) is 3.15. The third-order valence-corrected chi connectivity index (χ3v) is 8.01. The standard InChI is InChI=1S/C20H19BrN2O3S2/c1-13-5-4-6-16(11-13)23(3)28(25,26)18-9-10-27-19(18)20(24)22-15-7-8-17(21)14(2)12-15/h4-12H,1-3H3,(H,22,24). The zero-order valence-electron chi connectivity index (χ0n) is 15.6.